The summed E-state index contributed by atoms with van der Waals surface area (Å²) in [5, 5.41) is 2.74. The van der Waals surface area contributed by atoms with Gasteiger partial charge in [-0.15, -0.1) is 0 Å². The molecule has 0 spiro atoms. The van der Waals surface area contributed by atoms with Crippen LogP contribution in [-0.2, 0) is 19.1 Å². The summed E-state index contributed by atoms with van der Waals surface area (Å²) in [4.78, 5) is 37.5. The van der Waals surface area contributed by atoms with Crippen LogP contribution in [0, 0.1) is 13.8 Å². The van der Waals surface area contributed by atoms with Crippen molar-refractivity contribution in [1.29, 1.82) is 0 Å². The Labute approximate surface area is 181 Å². The predicted molar refractivity (Wildman–Crippen MR) is 117 cm³/mol. The molecule has 0 atom stereocenters. The number of carbonyl (C=O) groups is 3. The standard InChI is InChI=1S/C23H28N2O6/c1-5-25(18-8-6-7-16(2)13-18)12-11-24-21(26)15-30-22(27)10-9-19-14-20(17(3)31-19)23(28)29-4/h6-10,13-14H,5,11-12,15H2,1-4H3,(H,24,26)/b10-9+. The Morgan fingerprint density at radius 2 is 1.97 bits per heavy atom. The van der Waals surface area contributed by atoms with Gasteiger partial charge in [0.25, 0.3) is 5.91 Å². The lowest BCUT2D eigenvalue weighted by atomic mass is 10.2. The number of aryl methyl sites for hydroxylation is 2. The summed E-state index contributed by atoms with van der Waals surface area (Å²) in [5.41, 5.74) is 2.55. The normalized spacial score (nSPS) is 10.7. The molecule has 0 unspecified atom stereocenters. The Morgan fingerprint density at radius 1 is 1.19 bits per heavy atom. The number of likely N-dealkylation sites (N-methyl/N-ethyl adjacent to an activating group) is 1. The molecule has 8 heteroatoms. The molecule has 0 bridgehead atoms. The van der Waals surface area contributed by atoms with E-state index in [0.29, 0.717) is 24.6 Å². The van der Waals surface area contributed by atoms with E-state index in [1.807, 2.05) is 32.0 Å². The molecule has 1 N–H and O–H groups in total. The van der Waals surface area contributed by atoms with Crippen LogP contribution >= 0.6 is 0 Å². The van der Waals surface area contributed by atoms with Crippen LogP contribution in [-0.4, -0.2) is 51.2 Å². The van der Waals surface area contributed by atoms with E-state index in [4.69, 9.17) is 9.15 Å². The number of ether oxygens (including phenoxy) is 2. The fourth-order valence-corrected chi connectivity index (χ4v) is 2.91. The number of hydrogen-bond acceptors (Lipinski definition) is 7. The van der Waals surface area contributed by atoms with E-state index in [9.17, 15) is 14.4 Å². The highest BCUT2D eigenvalue weighted by atomic mass is 16.5. The summed E-state index contributed by atoms with van der Waals surface area (Å²) in [5.74, 6) is -0.923. The zero-order chi connectivity index (χ0) is 22.8. The molecular formula is C23H28N2O6. The summed E-state index contributed by atoms with van der Waals surface area (Å²) >= 11 is 0. The molecule has 1 aromatic carbocycles. The van der Waals surface area contributed by atoms with Crippen LogP contribution in [0.15, 0.2) is 40.8 Å². The van der Waals surface area contributed by atoms with Crippen molar-refractivity contribution in [2.75, 3.05) is 38.3 Å². The lowest BCUT2D eigenvalue weighted by Gasteiger charge is -2.23. The first-order valence-corrected chi connectivity index (χ1v) is 9.96. The van der Waals surface area contributed by atoms with Crippen molar-refractivity contribution in [3.63, 3.8) is 0 Å². The molecule has 0 radical (unpaired) electrons. The number of benzene rings is 1. The lowest BCUT2D eigenvalue weighted by molar-refractivity contribution is -0.143. The number of amides is 1. The highest BCUT2D eigenvalue weighted by Gasteiger charge is 2.14. The fourth-order valence-electron chi connectivity index (χ4n) is 2.91. The zero-order valence-corrected chi connectivity index (χ0v) is 18.3. The third-order valence-electron chi connectivity index (χ3n) is 4.52. The van der Waals surface area contributed by atoms with Gasteiger partial charge in [-0.3, -0.25) is 4.79 Å². The molecule has 0 saturated carbocycles. The third-order valence-corrected chi connectivity index (χ3v) is 4.52. The van der Waals surface area contributed by atoms with Gasteiger partial charge in [0.15, 0.2) is 6.61 Å². The molecule has 1 aromatic heterocycles. The van der Waals surface area contributed by atoms with Crippen molar-refractivity contribution >= 4 is 29.6 Å². The van der Waals surface area contributed by atoms with E-state index in [2.05, 4.69) is 21.0 Å². The monoisotopic (exact) mass is 428 g/mol. The maximum atomic E-state index is 11.9. The second kappa shape index (κ2) is 11.6. The molecule has 0 fully saturated rings. The van der Waals surface area contributed by atoms with Crippen molar-refractivity contribution in [2.24, 2.45) is 0 Å². The summed E-state index contributed by atoms with van der Waals surface area (Å²) < 4.78 is 14.9. The molecule has 1 amide bonds. The van der Waals surface area contributed by atoms with Crippen LogP contribution in [0.25, 0.3) is 6.08 Å². The smallest absolute Gasteiger partial charge is 0.341 e. The molecule has 31 heavy (non-hydrogen) atoms. The van der Waals surface area contributed by atoms with E-state index in [0.717, 1.165) is 18.3 Å². The Hall–Kier alpha value is -3.55. The molecule has 0 aliphatic heterocycles. The number of methoxy groups -OCH3 is 1. The average molecular weight is 428 g/mol. The third kappa shape index (κ3) is 7.33. The number of rotatable bonds is 10. The fraction of sp³-hybridized carbons (Fsp3) is 0.348. The van der Waals surface area contributed by atoms with E-state index >= 15 is 0 Å². The summed E-state index contributed by atoms with van der Waals surface area (Å²) in [6.07, 6.45) is 2.49. The van der Waals surface area contributed by atoms with E-state index < -0.39 is 11.9 Å². The van der Waals surface area contributed by atoms with Gasteiger partial charge in [0.2, 0.25) is 0 Å². The van der Waals surface area contributed by atoms with Crippen molar-refractivity contribution < 1.29 is 28.3 Å². The molecule has 0 aliphatic carbocycles. The van der Waals surface area contributed by atoms with Gasteiger partial charge in [-0.05, 0) is 50.6 Å². The van der Waals surface area contributed by atoms with Crippen LogP contribution in [0.3, 0.4) is 0 Å². The minimum absolute atomic E-state index is 0.279. The molecule has 2 rings (SSSR count). The maximum Gasteiger partial charge on any atom is 0.341 e. The summed E-state index contributed by atoms with van der Waals surface area (Å²) in [7, 11) is 1.27. The second-order valence-electron chi connectivity index (χ2n) is 6.82. The van der Waals surface area contributed by atoms with Crippen LogP contribution in [0.5, 0.6) is 0 Å². The van der Waals surface area contributed by atoms with Gasteiger partial charge in [-0.1, -0.05) is 12.1 Å². The van der Waals surface area contributed by atoms with E-state index in [1.54, 1.807) is 6.92 Å². The Morgan fingerprint density at radius 3 is 2.65 bits per heavy atom. The van der Waals surface area contributed by atoms with Gasteiger partial charge in [0.05, 0.1) is 7.11 Å². The SMILES string of the molecule is CCN(CCNC(=O)COC(=O)/C=C/c1cc(C(=O)OC)c(C)o1)c1cccc(C)c1. The number of anilines is 1. The van der Waals surface area contributed by atoms with Crippen molar-refractivity contribution in [2.45, 2.75) is 20.8 Å². The molecule has 1 heterocycles. The highest BCUT2D eigenvalue weighted by molar-refractivity contribution is 5.92. The van der Waals surface area contributed by atoms with E-state index in [-0.39, 0.29) is 18.1 Å². The van der Waals surface area contributed by atoms with Crippen molar-refractivity contribution in [3.8, 4) is 0 Å². The molecule has 2 aromatic rings. The zero-order valence-electron chi connectivity index (χ0n) is 18.3. The Kier molecular flexibility index (Phi) is 8.87. The average Bonchev–Trinajstić information content (AvgIpc) is 3.13. The molecule has 8 nitrogen and oxygen atoms in total. The van der Waals surface area contributed by atoms with Crippen molar-refractivity contribution in [3.05, 3.63) is 59.1 Å². The predicted octanol–water partition coefficient (Wildman–Crippen LogP) is 2.88. The quantitative estimate of drug-likeness (QED) is 0.459. The number of hydrogen-bond donors (Lipinski definition) is 1. The molecule has 166 valence electrons. The van der Waals surface area contributed by atoms with E-state index in [1.165, 1.54) is 24.8 Å². The first-order chi connectivity index (χ1) is 14.8. The van der Waals surface area contributed by atoms with Crippen LogP contribution < -0.4 is 10.2 Å². The molecule has 0 saturated heterocycles. The van der Waals surface area contributed by atoms with Gasteiger partial charge in [0, 0.05) is 31.4 Å². The van der Waals surface area contributed by atoms with Gasteiger partial charge < -0.3 is 24.1 Å². The second-order valence-corrected chi connectivity index (χ2v) is 6.82. The topological polar surface area (TPSA) is 98.1 Å². The first-order valence-electron chi connectivity index (χ1n) is 9.96. The van der Waals surface area contributed by atoms with Crippen LogP contribution in [0.4, 0.5) is 5.69 Å². The largest absolute Gasteiger partial charge is 0.465 e. The minimum Gasteiger partial charge on any atom is -0.465 e. The van der Waals surface area contributed by atoms with Crippen LogP contribution in [0.1, 0.15) is 34.4 Å². The maximum absolute atomic E-state index is 11.9. The molecule has 0 aliphatic rings. The van der Waals surface area contributed by atoms with Gasteiger partial charge >= 0.3 is 11.9 Å². The van der Waals surface area contributed by atoms with Gasteiger partial charge in [-0.25, -0.2) is 9.59 Å². The summed E-state index contributed by atoms with van der Waals surface area (Å²) in [6, 6.07) is 9.62. The number of nitrogens with zero attached hydrogens (tertiary/aromatic N) is 1. The first kappa shape index (κ1) is 23.7. The van der Waals surface area contributed by atoms with Crippen molar-refractivity contribution in [1.82, 2.24) is 5.32 Å². The number of carbonyl (C=O) groups excluding carboxylic acids is 3. The number of esters is 2. The lowest BCUT2D eigenvalue weighted by Crippen LogP contribution is -2.36. The van der Waals surface area contributed by atoms with Gasteiger partial charge in [-0.2, -0.15) is 0 Å². The highest BCUT2D eigenvalue weighted by Crippen LogP contribution is 2.17. The summed E-state index contributed by atoms with van der Waals surface area (Å²) in [6.45, 7) is 7.19. The Balaban J connectivity index is 1.75. The Bertz CT molecular complexity index is 947. The minimum atomic E-state index is -0.696. The van der Waals surface area contributed by atoms with Crippen LogP contribution in [0.2, 0.25) is 0 Å². The number of nitrogens with one attached hydrogen (secondary N) is 1. The van der Waals surface area contributed by atoms with Gasteiger partial charge in [0.1, 0.15) is 17.1 Å². The molecular weight excluding hydrogens is 400 g/mol. The number of furan rings is 1.